The van der Waals surface area contributed by atoms with Gasteiger partial charge in [0.2, 0.25) is 17.7 Å². The van der Waals surface area contributed by atoms with Crippen molar-refractivity contribution >= 4 is 29.7 Å². The molecule has 0 saturated heterocycles. The van der Waals surface area contributed by atoms with Gasteiger partial charge in [0.05, 0.1) is 6.04 Å². The number of aliphatic imine (C=N–C) groups is 1. The van der Waals surface area contributed by atoms with Gasteiger partial charge in [-0.05, 0) is 64.0 Å². The van der Waals surface area contributed by atoms with E-state index in [0.717, 1.165) is 6.42 Å². The standard InChI is InChI=1S/C23H47N9O5/c1-14(2)18(32-19(33)15(26)8-3-5-11-24)21(35)30-16(10-7-13-29-23(27)28)20(34)31-17(22(36)37)9-4-6-12-25/h14-18H,3-13,24-26H2,1-2H3,(H,30,35)(H,31,34)(H,32,33)(H,36,37)(H4,27,28,29)/t15-,16-,17-,18-/m0/s1. The van der Waals surface area contributed by atoms with Crippen molar-refractivity contribution in [1.82, 2.24) is 16.0 Å². The monoisotopic (exact) mass is 529 g/mol. The molecule has 0 aromatic carbocycles. The number of carboxylic acids is 1. The maximum atomic E-state index is 13.1. The highest BCUT2D eigenvalue weighted by atomic mass is 16.4. The first kappa shape index (κ1) is 34.0. The number of hydrogen-bond acceptors (Lipinski definition) is 8. The van der Waals surface area contributed by atoms with Crippen molar-refractivity contribution in [3.63, 3.8) is 0 Å². The van der Waals surface area contributed by atoms with Gasteiger partial charge in [-0.15, -0.1) is 0 Å². The number of aliphatic carboxylic acids is 1. The SMILES string of the molecule is CC(C)[C@H](NC(=O)[C@@H](N)CCCCN)C(=O)N[C@@H](CCCN=C(N)N)C(=O)N[C@@H](CCCCN)C(=O)O. The summed E-state index contributed by atoms with van der Waals surface area (Å²) in [7, 11) is 0. The summed E-state index contributed by atoms with van der Waals surface area (Å²) in [4.78, 5) is 54.2. The summed E-state index contributed by atoms with van der Waals surface area (Å²) in [5.41, 5.74) is 27.6. The first-order valence-electron chi connectivity index (χ1n) is 12.8. The Kier molecular flexibility index (Phi) is 17.6. The highest BCUT2D eigenvalue weighted by Crippen LogP contribution is 2.08. The Bertz CT molecular complexity index is 744. The third-order valence-corrected chi connectivity index (χ3v) is 5.69. The molecule has 4 atom stereocenters. The molecular weight excluding hydrogens is 482 g/mol. The number of carbonyl (C=O) groups is 4. The summed E-state index contributed by atoms with van der Waals surface area (Å²) in [5.74, 6) is -3.34. The highest BCUT2D eigenvalue weighted by Gasteiger charge is 2.31. The largest absolute Gasteiger partial charge is 0.480 e. The molecule has 0 radical (unpaired) electrons. The molecule has 0 aliphatic carbocycles. The fourth-order valence-electron chi connectivity index (χ4n) is 3.49. The van der Waals surface area contributed by atoms with E-state index in [2.05, 4.69) is 20.9 Å². The summed E-state index contributed by atoms with van der Waals surface area (Å²) in [6.07, 6.45) is 3.64. The molecule has 14 nitrogen and oxygen atoms in total. The van der Waals surface area contributed by atoms with Gasteiger partial charge in [0.1, 0.15) is 18.1 Å². The second-order valence-electron chi connectivity index (χ2n) is 9.32. The quantitative estimate of drug-likeness (QED) is 0.0467. The minimum absolute atomic E-state index is 0.110. The van der Waals surface area contributed by atoms with Crippen LogP contribution in [0.2, 0.25) is 0 Å². The third kappa shape index (κ3) is 15.0. The average molecular weight is 530 g/mol. The van der Waals surface area contributed by atoms with E-state index in [9.17, 15) is 24.3 Å². The van der Waals surface area contributed by atoms with Crippen LogP contribution in [0.3, 0.4) is 0 Å². The molecule has 0 bridgehead atoms. The van der Waals surface area contributed by atoms with E-state index in [-0.39, 0.29) is 31.3 Å². The van der Waals surface area contributed by atoms with Crippen molar-refractivity contribution in [1.29, 1.82) is 0 Å². The van der Waals surface area contributed by atoms with Crippen molar-refractivity contribution in [2.45, 2.75) is 89.4 Å². The van der Waals surface area contributed by atoms with Crippen molar-refractivity contribution in [3.05, 3.63) is 0 Å². The fraction of sp³-hybridized carbons (Fsp3) is 0.783. The lowest BCUT2D eigenvalue weighted by Gasteiger charge is -2.27. The maximum absolute atomic E-state index is 13.1. The molecule has 0 aliphatic heterocycles. The van der Waals surface area contributed by atoms with Crippen LogP contribution in [0.1, 0.15) is 65.2 Å². The summed E-state index contributed by atoms with van der Waals surface area (Å²) in [6.45, 7) is 4.60. The number of guanidine groups is 1. The molecule has 0 saturated carbocycles. The van der Waals surface area contributed by atoms with Gasteiger partial charge in [-0.25, -0.2) is 4.79 Å². The smallest absolute Gasteiger partial charge is 0.326 e. The summed E-state index contributed by atoms with van der Waals surface area (Å²) >= 11 is 0. The molecule has 37 heavy (non-hydrogen) atoms. The Hall–Kier alpha value is -2.97. The number of carbonyl (C=O) groups excluding carboxylic acids is 3. The molecule has 0 aliphatic rings. The van der Waals surface area contributed by atoms with Crippen LogP contribution in [-0.2, 0) is 19.2 Å². The van der Waals surface area contributed by atoms with Crippen molar-refractivity contribution in [2.75, 3.05) is 19.6 Å². The second-order valence-corrected chi connectivity index (χ2v) is 9.32. The molecule has 0 unspecified atom stereocenters. The van der Waals surface area contributed by atoms with Gasteiger partial charge in [0, 0.05) is 6.54 Å². The van der Waals surface area contributed by atoms with Crippen molar-refractivity contribution < 1.29 is 24.3 Å². The van der Waals surface area contributed by atoms with E-state index in [4.69, 9.17) is 28.7 Å². The zero-order chi connectivity index (χ0) is 28.4. The van der Waals surface area contributed by atoms with Gasteiger partial charge < -0.3 is 49.7 Å². The van der Waals surface area contributed by atoms with Gasteiger partial charge in [-0.1, -0.05) is 20.3 Å². The minimum atomic E-state index is -1.19. The van der Waals surface area contributed by atoms with Crippen LogP contribution >= 0.6 is 0 Å². The average Bonchev–Trinajstić information content (AvgIpc) is 2.82. The number of nitrogens with two attached hydrogens (primary N) is 5. The lowest BCUT2D eigenvalue weighted by Crippen LogP contribution is -2.58. The molecule has 0 fully saturated rings. The zero-order valence-electron chi connectivity index (χ0n) is 22.1. The summed E-state index contributed by atoms with van der Waals surface area (Å²) in [6, 6.07) is -3.97. The minimum Gasteiger partial charge on any atom is -0.480 e. The number of nitrogens with zero attached hydrogens (tertiary/aromatic N) is 1. The Labute approximate surface area is 218 Å². The number of rotatable bonds is 20. The van der Waals surface area contributed by atoms with Crippen LogP contribution in [0.25, 0.3) is 0 Å². The maximum Gasteiger partial charge on any atom is 0.326 e. The fourth-order valence-corrected chi connectivity index (χ4v) is 3.49. The van der Waals surface area contributed by atoms with Crippen LogP contribution in [-0.4, -0.2) is 78.6 Å². The predicted molar refractivity (Wildman–Crippen MR) is 142 cm³/mol. The lowest BCUT2D eigenvalue weighted by atomic mass is 10.0. The number of unbranched alkanes of at least 4 members (excludes halogenated alkanes) is 2. The number of amides is 3. The van der Waals surface area contributed by atoms with E-state index in [1.165, 1.54) is 0 Å². The van der Waals surface area contributed by atoms with E-state index in [1.54, 1.807) is 13.8 Å². The van der Waals surface area contributed by atoms with E-state index < -0.39 is 47.9 Å². The van der Waals surface area contributed by atoms with Crippen LogP contribution in [0, 0.1) is 5.92 Å². The second kappa shape index (κ2) is 19.2. The molecule has 0 aromatic rings. The molecule has 14 heteroatoms. The van der Waals surface area contributed by atoms with Gasteiger partial charge in [0.25, 0.3) is 0 Å². The normalized spacial score (nSPS) is 14.2. The zero-order valence-corrected chi connectivity index (χ0v) is 22.1. The van der Waals surface area contributed by atoms with E-state index in [1.807, 2.05) is 0 Å². The van der Waals surface area contributed by atoms with Crippen LogP contribution in [0.15, 0.2) is 4.99 Å². The van der Waals surface area contributed by atoms with Crippen molar-refractivity contribution in [2.24, 2.45) is 39.6 Å². The topological polar surface area (TPSA) is 267 Å². The lowest BCUT2D eigenvalue weighted by molar-refractivity contribution is -0.142. The van der Waals surface area contributed by atoms with Crippen LogP contribution in [0.4, 0.5) is 0 Å². The Morgan fingerprint density at radius 1 is 0.757 bits per heavy atom. The summed E-state index contributed by atoms with van der Waals surface area (Å²) < 4.78 is 0. The van der Waals surface area contributed by atoms with Crippen LogP contribution in [0.5, 0.6) is 0 Å². The van der Waals surface area contributed by atoms with Gasteiger partial charge in [-0.3, -0.25) is 19.4 Å². The number of carboxylic acid groups (broad SMARTS) is 1. The molecule has 0 rings (SSSR count). The number of nitrogens with one attached hydrogen (secondary N) is 3. The van der Waals surface area contributed by atoms with E-state index >= 15 is 0 Å². The van der Waals surface area contributed by atoms with E-state index in [0.29, 0.717) is 45.2 Å². The van der Waals surface area contributed by atoms with Gasteiger partial charge in [-0.2, -0.15) is 0 Å². The summed E-state index contributed by atoms with van der Waals surface area (Å²) in [5, 5.41) is 17.3. The molecule has 14 N–H and O–H groups in total. The molecule has 3 amide bonds. The first-order chi connectivity index (χ1) is 17.4. The predicted octanol–water partition coefficient (Wildman–Crippen LogP) is -2.18. The van der Waals surface area contributed by atoms with Gasteiger partial charge >= 0.3 is 5.97 Å². The molecule has 0 heterocycles. The molecule has 214 valence electrons. The Balaban J connectivity index is 5.47. The van der Waals surface area contributed by atoms with Crippen LogP contribution < -0.4 is 44.6 Å². The number of hydrogen-bond donors (Lipinski definition) is 9. The Morgan fingerprint density at radius 2 is 1.30 bits per heavy atom. The molecule has 0 spiro atoms. The van der Waals surface area contributed by atoms with Gasteiger partial charge in [0.15, 0.2) is 5.96 Å². The molecular formula is C23H47N9O5. The Morgan fingerprint density at radius 3 is 1.81 bits per heavy atom. The third-order valence-electron chi connectivity index (χ3n) is 5.69. The molecule has 0 aromatic heterocycles. The first-order valence-corrected chi connectivity index (χ1v) is 12.8. The van der Waals surface area contributed by atoms with Crippen molar-refractivity contribution in [3.8, 4) is 0 Å². The highest BCUT2D eigenvalue weighted by molar-refractivity contribution is 5.94.